The highest BCUT2D eigenvalue weighted by Gasteiger charge is 2.49. The van der Waals surface area contributed by atoms with Gasteiger partial charge in [0, 0.05) is 43.0 Å². The van der Waals surface area contributed by atoms with Crippen molar-refractivity contribution in [2.45, 2.75) is 43.9 Å². The Labute approximate surface area is 153 Å². The van der Waals surface area contributed by atoms with Crippen LogP contribution in [0.1, 0.15) is 43.6 Å². The molecule has 1 aromatic carbocycles. The monoisotopic (exact) mass is 381 g/mol. The Morgan fingerprint density at radius 1 is 1.26 bits per heavy atom. The van der Waals surface area contributed by atoms with E-state index in [9.17, 15) is 22.4 Å². The lowest BCUT2D eigenvalue weighted by Crippen LogP contribution is -2.42. The largest absolute Gasteiger partial charge is 0.310 e. The van der Waals surface area contributed by atoms with E-state index in [0.717, 1.165) is 31.4 Å². The normalized spacial score (nSPS) is 19.4. The van der Waals surface area contributed by atoms with Crippen LogP contribution >= 0.6 is 0 Å². The van der Waals surface area contributed by atoms with Gasteiger partial charge in [0.25, 0.3) is 0 Å². The molecule has 8 heteroatoms. The second kappa shape index (κ2) is 6.35. The lowest BCUT2D eigenvalue weighted by Gasteiger charge is -2.34. The number of hydrogen-bond acceptors (Lipinski definition) is 2. The number of rotatable bonds is 4. The predicted molar refractivity (Wildman–Crippen MR) is 91.5 cm³/mol. The van der Waals surface area contributed by atoms with Crippen LogP contribution in [-0.4, -0.2) is 21.6 Å². The summed E-state index contributed by atoms with van der Waals surface area (Å²) in [5.74, 6) is -4.92. The maximum Gasteiger partial charge on any atom is 0.249 e. The van der Waals surface area contributed by atoms with Crippen LogP contribution in [-0.2, 0) is 11.8 Å². The molecule has 1 heterocycles. The Morgan fingerprint density at radius 3 is 2.52 bits per heavy atom. The summed E-state index contributed by atoms with van der Waals surface area (Å²) >= 11 is 0. The quantitative estimate of drug-likeness (QED) is 0.786. The number of anilines is 1. The molecule has 2 fully saturated rings. The third kappa shape index (κ3) is 3.21. The first-order chi connectivity index (χ1) is 12.7. The number of halogens is 4. The summed E-state index contributed by atoms with van der Waals surface area (Å²) in [6.07, 6.45) is 1.81. The van der Waals surface area contributed by atoms with E-state index in [2.05, 4.69) is 10.4 Å². The van der Waals surface area contributed by atoms with Gasteiger partial charge in [0.15, 0.2) is 0 Å². The van der Waals surface area contributed by atoms with E-state index in [1.807, 2.05) is 0 Å². The number of carbonyl (C=O) groups is 1. The molecule has 0 bridgehead atoms. The van der Waals surface area contributed by atoms with Gasteiger partial charge in [-0.25, -0.2) is 17.6 Å². The van der Waals surface area contributed by atoms with Crippen LogP contribution in [0.15, 0.2) is 18.2 Å². The Hall–Kier alpha value is -2.38. The fraction of sp³-hybridized carbons (Fsp3) is 0.474. The molecule has 4 nitrogen and oxygen atoms in total. The van der Waals surface area contributed by atoms with Crippen LogP contribution in [0, 0.1) is 17.6 Å². The first-order valence-electron chi connectivity index (χ1n) is 8.96. The van der Waals surface area contributed by atoms with E-state index < -0.39 is 42.2 Å². The average Bonchev–Trinajstić information content (AvgIpc) is 2.80. The minimum Gasteiger partial charge on any atom is -0.310 e. The fourth-order valence-corrected chi connectivity index (χ4v) is 3.72. The second-order valence-corrected chi connectivity index (χ2v) is 7.44. The van der Waals surface area contributed by atoms with Crippen LogP contribution in [0.5, 0.6) is 0 Å². The zero-order valence-corrected chi connectivity index (χ0v) is 14.7. The first kappa shape index (κ1) is 18.0. The van der Waals surface area contributed by atoms with Crippen LogP contribution in [0.3, 0.4) is 0 Å². The lowest BCUT2D eigenvalue weighted by atomic mass is 9.78. The molecule has 2 aliphatic carbocycles. The van der Waals surface area contributed by atoms with Gasteiger partial charge in [-0.2, -0.15) is 5.10 Å². The van der Waals surface area contributed by atoms with Gasteiger partial charge < -0.3 is 5.32 Å². The van der Waals surface area contributed by atoms with E-state index in [-0.39, 0.29) is 11.5 Å². The molecular formula is C19H19F4N3O. The number of hydrogen-bond donors (Lipinski definition) is 1. The first-order valence-corrected chi connectivity index (χ1v) is 8.96. The number of aryl methyl sites for hydroxylation is 1. The highest BCUT2D eigenvalue weighted by molar-refractivity contribution is 5.94. The molecule has 1 N–H and O–H groups in total. The van der Waals surface area contributed by atoms with E-state index in [4.69, 9.17) is 0 Å². The predicted octanol–water partition coefficient (Wildman–Crippen LogP) is 4.62. The standard InChI is InChI=1S/C19H19F4N3O/c1-26-17(24-18(27)11-8-19(22,23)9-11)15(10-3-2-4-10)16(25-26)13-6-5-12(20)7-14(13)21/h5-7,10-11H,2-4,8-9H2,1H3,(H,24,27). The van der Waals surface area contributed by atoms with Crippen LogP contribution in [0.4, 0.5) is 23.4 Å². The second-order valence-electron chi connectivity index (χ2n) is 7.44. The molecule has 0 saturated heterocycles. The van der Waals surface area contributed by atoms with Gasteiger partial charge in [-0.3, -0.25) is 9.48 Å². The molecule has 0 radical (unpaired) electrons. The minimum absolute atomic E-state index is 0.0938. The molecule has 1 amide bonds. The molecular weight excluding hydrogens is 362 g/mol. The Kier molecular flexibility index (Phi) is 4.24. The highest BCUT2D eigenvalue weighted by Crippen LogP contribution is 2.46. The van der Waals surface area contributed by atoms with Crippen molar-refractivity contribution < 1.29 is 22.4 Å². The van der Waals surface area contributed by atoms with E-state index in [1.165, 1.54) is 10.7 Å². The molecule has 0 spiro atoms. The summed E-state index contributed by atoms with van der Waals surface area (Å²) < 4.78 is 55.2. The SMILES string of the molecule is Cn1nc(-c2ccc(F)cc2F)c(C2CCC2)c1NC(=O)C1CC(F)(F)C1. The topological polar surface area (TPSA) is 46.9 Å². The van der Waals surface area contributed by atoms with Gasteiger partial charge in [-0.05, 0) is 30.9 Å². The molecule has 2 aromatic rings. The van der Waals surface area contributed by atoms with E-state index in [1.54, 1.807) is 7.05 Å². The van der Waals surface area contributed by atoms with Crippen molar-refractivity contribution in [3.63, 3.8) is 0 Å². The molecule has 27 heavy (non-hydrogen) atoms. The van der Waals surface area contributed by atoms with Crippen LogP contribution < -0.4 is 5.32 Å². The third-order valence-electron chi connectivity index (χ3n) is 5.49. The molecule has 2 aliphatic rings. The number of aromatic nitrogens is 2. The van der Waals surface area contributed by atoms with Crippen molar-refractivity contribution in [2.75, 3.05) is 5.32 Å². The van der Waals surface area contributed by atoms with Gasteiger partial charge in [0.2, 0.25) is 11.8 Å². The van der Waals surface area contributed by atoms with Gasteiger partial charge in [0.1, 0.15) is 23.1 Å². The molecule has 4 rings (SSSR count). The summed E-state index contributed by atoms with van der Waals surface area (Å²) in [4.78, 5) is 12.4. The molecule has 0 atom stereocenters. The van der Waals surface area contributed by atoms with Crippen molar-refractivity contribution in [1.29, 1.82) is 0 Å². The molecule has 2 saturated carbocycles. The van der Waals surface area contributed by atoms with E-state index >= 15 is 0 Å². The van der Waals surface area contributed by atoms with Crippen LogP contribution in [0.25, 0.3) is 11.3 Å². The van der Waals surface area contributed by atoms with Gasteiger partial charge in [0.05, 0.1) is 0 Å². The fourth-order valence-electron chi connectivity index (χ4n) is 3.72. The Morgan fingerprint density at radius 2 is 1.96 bits per heavy atom. The van der Waals surface area contributed by atoms with Crippen molar-refractivity contribution >= 4 is 11.7 Å². The van der Waals surface area contributed by atoms with E-state index in [0.29, 0.717) is 17.1 Å². The van der Waals surface area contributed by atoms with Gasteiger partial charge in [-0.15, -0.1) is 0 Å². The summed E-state index contributed by atoms with van der Waals surface area (Å²) in [5.41, 5.74) is 1.20. The summed E-state index contributed by atoms with van der Waals surface area (Å²) in [6, 6.07) is 3.28. The average molecular weight is 381 g/mol. The number of alkyl halides is 2. The lowest BCUT2D eigenvalue weighted by molar-refractivity contribution is -0.145. The van der Waals surface area contributed by atoms with Crippen molar-refractivity contribution in [3.05, 3.63) is 35.4 Å². The van der Waals surface area contributed by atoms with Crippen molar-refractivity contribution in [2.24, 2.45) is 13.0 Å². The van der Waals surface area contributed by atoms with Crippen molar-refractivity contribution in [3.8, 4) is 11.3 Å². The Bertz CT molecular complexity index is 897. The maximum absolute atomic E-state index is 14.3. The molecule has 1 aromatic heterocycles. The number of benzene rings is 1. The van der Waals surface area contributed by atoms with Gasteiger partial charge in [-0.1, -0.05) is 6.42 Å². The van der Waals surface area contributed by atoms with Gasteiger partial charge >= 0.3 is 0 Å². The van der Waals surface area contributed by atoms with Crippen LogP contribution in [0.2, 0.25) is 0 Å². The molecule has 144 valence electrons. The number of nitrogens with zero attached hydrogens (tertiary/aromatic N) is 2. The highest BCUT2D eigenvalue weighted by atomic mass is 19.3. The zero-order chi connectivity index (χ0) is 19.3. The zero-order valence-electron chi connectivity index (χ0n) is 14.7. The Balaban J connectivity index is 1.69. The smallest absolute Gasteiger partial charge is 0.249 e. The summed E-state index contributed by atoms with van der Waals surface area (Å²) in [5, 5.41) is 7.07. The number of amides is 1. The maximum atomic E-state index is 14.3. The number of nitrogens with one attached hydrogen (secondary N) is 1. The molecule has 0 aliphatic heterocycles. The number of carbonyl (C=O) groups excluding carboxylic acids is 1. The summed E-state index contributed by atoms with van der Waals surface area (Å²) in [7, 11) is 1.61. The van der Waals surface area contributed by atoms with Crippen molar-refractivity contribution in [1.82, 2.24) is 9.78 Å². The molecule has 0 unspecified atom stereocenters. The summed E-state index contributed by atoms with van der Waals surface area (Å²) in [6.45, 7) is 0. The minimum atomic E-state index is -2.78. The third-order valence-corrected chi connectivity index (χ3v) is 5.49.